The highest BCUT2D eigenvalue weighted by molar-refractivity contribution is 5.86. The quantitative estimate of drug-likeness (QED) is 0.831. The van der Waals surface area contributed by atoms with Crippen molar-refractivity contribution in [3.05, 3.63) is 0 Å². The van der Waals surface area contributed by atoms with Gasteiger partial charge in [-0.15, -0.1) is 0 Å². The van der Waals surface area contributed by atoms with Crippen molar-refractivity contribution >= 4 is 5.91 Å². The molecule has 0 radical (unpaired) electrons. The van der Waals surface area contributed by atoms with Crippen LogP contribution in [0.3, 0.4) is 0 Å². The number of likely N-dealkylation sites (tertiary alicyclic amines) is 1. The molecule has 0 aliphatic carbocycles. The van der Waals surface area contributed by atoms with Crippen LogP contribution in [0.2, 0.25) is 0 Å². The van der Waals surface area contributed by atoms with Gasteiger partial charge < -0.3 is 15.3 Å². The maximum atomic E-state index is 13.2. The van der Waals surface area contributed by atoms with Gasteiger partial charge >= 0.3 is 6.18 Å². The molecule has 0 bridgehead atoms. The zero-order valence-electron chi connectivity index (χ0n) is 13.8. The predicted octanol–water partition coefficient (Wildman–Crippen LogP) is 2.17. The molecule has 2 fully saturated rings. The first-order chi connectivity index (χ1) is 10.7. The van der Waals surface area contributed by atoms with Gasteiger partial charge in [0.25, 0.3) is 5.91 Å². The second-order valence-corrected chi connectivity index (χ2v) is 7.14. The molecule has 0 aromatic rings. The molecule has 0 aromatic carbocycles. The summed E-state index contributed by atoms with van der Waals surface area (Å²) in [5.41, 5.74) is -3.28. The average Bonchev–Trinajstić information content (AvgIpc) is 2.53. The molecular weight excluding hydrogens is 309 g/mol. The van der Waals surface area contributed by atoms with E-state index in [-0.39, 0.29) is 0 Å². The Labute approximate surface area is 135 Å². The first-order valence-corrected chi connectivity index (χ1v) is 8.47. The van der Waals surface area contributed by atoms with Crippen LogP contribution < -0.4 is 5.32 Å². The molecule has 2 aliphatic rings. The minimum atomic E-state index is -4.95. The number of carbonyl (C=O) groups is 1. The minimum absolute atomic E-state index is 0.304. The number of amides is 1. The van der Waals surface area contributed by atoms with Gasteiger partial charge in [-0.2, -0.15) is 13.2 Å². The molecule has 1 atom stereocenters. The number of rotatable bonds is 3. The van der Waals surface area contributed by atoms with E-state index in [0.717, 1.165) is 38.8 Å². The van der Waals surface area contributed by atoms with Crippen molar-refractivity contribution in [2.45, 2.75) is 51.3 Å². The van der Waals surface area contributed by atoms with Crippen molar-refractivity contribution in [1.29, 1.82) is 0 Å². The SMILES string of the molecule is CC(C)C(O)(C(=O)N1CCC(C2CCNCC2)CC1)C(F)(F)F. The van der Waals surface area contributed by atoms with Gasteiger partial charge in [-0.3, -0.25) is 4.79 Å². The molecule has 2 rings (SSSR count). The van der Waals surface area contributed by atoms with Crippen LogP contribution >= 0.6 is 0 Å². The Balaban J connectivity index is 1.99. The molecule has 23 heavy (non-hydrogen) atoms. The molecule has 2 aliphatic heterocycles. The fraction of sp³-hybridized carbons (Fsp3) is 0.938. The van der Waals surface area contributed by atoms with E-state index in [0.29, 0.717) is 24.9 Å². The van der Waals surface area contributed by atoms with E-state index in [2.05, 4.69) is 5.32 Å². The summed E-state index contributed by atoms with van der Waals surface area (Å²) in [6.07, 6.45) is -1.32. The first kappa shape index (κ1) is 18.5. The lowest BCUT2D eigenvalue weighted by Gasteiger charge is -2.42. The maximum absolute atomic E-state index is 13.2. The highest BCUT2D eigenvalue weighted by Gasteiger charge is 2.62. The van der Waals surface area contributed by atoms with Crippen LogP contribution in [0.25, 0.3) is 0 Å². The maximum Gasteiger partial charge on any atom is 0.426 e. The van der Waals surface area contributed by atoms with Crippen molar-refractivity contribution < 1.29 is 23.1 Å². The van der Waals surface area contributed by atoms with Crippen molar-refractivity contribution in [2.75, 3.05) is 26.2 Å². The first-order valence-electron chi connectivity index (χ1n) is 8.47. The summed E-state index contributed by atoms with van der Waals surface area (Å²) in [5.74, 6) is -1.33. The van der Waals surface area contributed by atoms with Crippen molar-refractivity contribution in [3.63, 3.8) is 0 Å². The Morgan fingerprint density at radius 1 is 1.09 bits per heavy atom. The molecule has 134 valence electrons. The van der Waals surface area contributed by atoms with E-state index in [1.165, 1.54) is 18.7 Å². The van der Waals surface area contributed by atoms with Crippen LogP contribution in [0.15, 0.2) is 0 Å². The van der Waals surface area contributed by atoms with Gasteiger partial charge in [0.05, 0.1) is 0 Å². The third-order valence-electron chi connectivity index (χ3n) is 5.47. The third-order valence-corrected chi connectivity index (χ3v) is 5.47. The number of aliphatic hydroxyl groups is 1. The largest absolute Gasteiger partial charge is 0.426 e. The summed E-state index contributed by atoms with van der Waals surface area (Å²) in [6, 6.07) is 0. The number of carbonyl (C=O) groups excluding carboxylic acids is 1. The molecule has 1 amide bonds. The zero-order chi connectivity index (χ0) is 17.3. The van der Waals surface area contributed by atoms with Gasteiger partial charge in [0.15, 0.2) is 0 Å². The number of halogens is 3. The molecule has 1 unspecified atom stereocenters. The Bertz CT molecular complexity index is 414. The number of nitrogens with zero attached hydrogens (tertiary/aromatic N) is 1. The summed E-state index contributed by atoms with van der Waals surface area (Å²) in [7, 11) is 0. The van der Waals surface area contributed by atoms with Crippen LogP contribution in [0.4, 0.5) is 13.2 Å². The number of hydrogen-bond acceptors (Lipinski definition) is 3. The Morgan fingerprint density at radius 3 is 2.00 bits per heavy atom. The Hall–Kier alpha value is -0.820. The van der Waals surface area contributed by atoms with Gasteiger partial charge in [0.2, 0.25) is 5.60 Å². The fourth-order valence-corrected chi connectivity index (χ4v) is 3.83. The van der Waals surface area contributed by atoms with E-state index in [1.54, 1.807) is 0 Å². The van der Waals surface area contributed by atoms with Crippen LogP contribution in [0, 0.1) is 17.8 Å². The van der Waals surface area contributed by atoms with Gasteiger partial charge in [-0.1, -0.05) is 13.8 Å². The Morgan fingerprint density at radius 2 is 1.57 bits per heavy atom. The van der Waals surface area contributed by atoms with E-state index in [1.807, 2.05) is 0 Å². The molecule has 0 spiro atoms. The molecule has 0 saturated carbocycles. The summed E-state index contributed by atoms with van der Waals surface area (Å²) in [4.78, 5) is 13.5. The smallest absolute Gasteiger partial charge is 0.372 e. The van der Waals surface area contributed by atoms with Gasteiger partial charge in [0, 0.05) is 19.0 Å². The Kier molecular flexibility index (Phi) is 5.61. The normalized spacial score (nSPS) is 24.7. The van der Waals surface area contributed by atoms with Crippen LogP contribution in [0.1, 0.15) is 39.5 Å². The standard InChI is InChI=1S/C16H27F3N2O2/c1-11(2)15(23,16(17,18)19)14(22)21-9-5-13(6-10-21)12-3-7-20-8-4-12/h11-13,20,23H,3-10H2,1-2H3. The fourth-order valence-electron chi connectivity index (χ4n) is 3.83. The average molecular weight is 336 g/mol. The van der Waals surface area contributed by atoms with Crippen molar-refractivity contribution in [2.24, 2.45) is 17.8 Å². The third kappa shape index (κ3) is 3.65. The number of nitrogens with one attached hydrogen (secondary N) is 1. The zero-order valence-corrected chi connectivity index (χ0v) is 13.8. The number of piperidine rings is 2. The highest BCUT2D eigenvalue weighted by Crippen LogP contribution is 2.39. The number of hydrogen-bond donors (Lipinski definition) is 2. The van der Waals surface area contributed by atoms with Gasteiger partial charge in [-0.05, 0) is 50.6 Å². The summed E-state index contributed by atoms with van der Waals surface area (Å²) in [6.45, 7) is 5.05. The van der Waals surface area contributed by atoms with E-state index >= 15 is 0 Å². The van der Waals surface area contributed by atoms with Crippen molar-refractivity contribution in [3.8, 4) is 0 Å². The van der Waals surface area contributed by atoms with Crippen molar-refractivity contribution in [1.82, 2.24) is 10.2 Å². The molecule has 2 N–H and O–H groups in total. The monoisotopic (exact) mass is 336 g/mol. The lowest BCUT2D eigenvalue weighted by Crippen LogP contribution is -2.62. The molecule has 2 saturated heterocycles. The van der Waals surface area contributed by atoms with E-state index in [9.17, 15) is 23.1 Å². The van der Waals surface area contributed by atoms with Crippen LogP contribution in [-0.4, -0.2) is 53.9 Å². The molecular formula is C16H27F3N2O2. The van der Waals surface area contributed by atoms with Crippen LogP contribution in [-0.2, 0) is 4.79 Å². The summed E-state index contributed by atoms with van der Waals surface area (Å²) in [5, 5.41) is 13.3. The second-order valence-electron chi connectivity index (χ2n) is 7.14. The molecule has 4 nitrogen and oxygen atoms in total. The van der Waals surface area contributed by atoms with Crippen LogP contribution in [0.5, 0.6) is 0 Å². The van der Waals surface area contributed by atoms with E-state index in [4.69, 9.17) is 0 Å². The highest BCUT2D eigenvalue weighted by atomic mass is 19.4. The summed E-state index contributed by atoms with van der Waals surface area (Å²) >= 11 is 0. The summed E-state index contributed by atoms with van der Waals surface area (Å²) < 4.78 is 39.7. The molecule has 7 heteroatoms. The second kappa shape index (κ2) is 6.97. The van der Waals surface area contributed by atoms with E-state index < -0.39 is 23.6 Å². The molecule has 2 heterocycles. The minimum Gasteiger partial charge on any atom is -0.372 e. The molecule has 0 aromatic heterocycles. The van der Waals surface area contributed by atoms with Gasteiger partial charge in [-0.25, -0.2) is 0 Å². The lowest BCUT2D eigenvalue weighted by molar-refractivity contribution is -0.270. The van der Waals surface area contributed by atoms with Gasteiger partial charge in [0.1, 0.15) is 0 Å². The topological polar surface area (TPSA) is 52.6 Å². The predicted molar refractivity (Wildman–Crippen MR) is 80.7 cm³/mol. The number of alkyl halides is 3. The lowest BCUT2D eigenvalue weighted by atomic mass is 9.78.